The fourth-order valence-electron chi connectivity index (χ4n) is 2.08. The number of nitrogens with one attached hydrogen (secondary N) is 1. The predicted octanol–water partition coefficient (Wildman–Crippen LogP) is 0.157. The van der Waals surface area contributed by atoms with Crippen molar-refractivity contribution in [3.63, 3.8) is 0 Å². The number of aryl methyl sites for hydroxylation is 1. The lowest BCUT2D eigenvalue weighted by Gasteiger charge is -2.27. The van der Waals surface area contributed by atoms with Gasteiger partial charge in [-0.25, -0.2) is 4.98 Å². The van der Waals surface area contributed by atoms with Crippen LogP contribution < -0.4 is 5.32 Å². The van der Waals surface area contributed by atoms with Crippen molar-refractivity contribution in [3.05, 3.63) is 18.2 Å². The molecule has 2 heterocycles. The van der Waals surface area contributed by atoms with Crippen molar-refractivity contribution in [2.75, 3.05) is 32.5 Å². The third-order valence-electron chi connectivity index (χ3n) is 2.79. The first-order valence-electron chi connectivity index (χ1n) is 6.16. The zero-order valence-electron chi connectivity index (χ0n) is 11.8. The Balaban J connectivity index is 2.14. The molecule has 19 heavy (non-hydrogen) atoms. The zero-order valence-corrected chi connectivity index (χ0v) is 11.8. The fourth-order valence-corrected chi connectivity index (χ4v) is 2.08. The van der Waals surface area contributed by atoms with E-state index >= 15 is 0 Å². The quantitative estimate of drug-likeness (QED) is 0.801. The predicted molar refractivity (Wildman–Crippen MR) is 73.2 cm³/mol. The lowest BCUT2D eigenvalue weighted by atomic mass is 10.1. The first kappa shape index (κ1) is 13.7. The van der Waals surface area contributed by atoms with Gasteiger partial charge in [-0.2, -0.15) is 0 Å². The van der Waals surface area contributed by atoms with E-state index in [4.69, 9.17) is 0 Å². The normalized spacial score (nSPS) is 14.8. The van der Waals surface area contributed by atoms with E-state index < -0.39 is 5.60 Å². The maximum absolute atomic E-state index is 10.2. The van der Waals surface area contributed by atoms with Gasteiger partial charge >= 0.3 is 0 Å². The highest BCUT2D eigenvalue weighted by Gasteiger charge is 2.22. The molecule has 7 heteroatoms. The molecule has 7 nitrogen and oxygen atoms in total. The van der Waals surface area contributed by atoms with Gasteiger partial charge in [0.25, 0.3) is 0 Å². The summed E-state index contributed by atoms with van der Waals surface area (Å²) in [5.41, 5.74) is -0.173. The molecule has 0 amide bonds. The molecule has 0 saturated carbocycles. The molecule has 2 aromatic rings. The van der Waals surface area contributed by atoms with E-state index in [0.717, 1.165) is 5.82 Å². The van der Waals surface area contributed by atoms with Crippen LogP contribution in [0, 0.1) is 6.92 Å². The summed E-state index contributed by atoms with van der Waals surface area (Å²) in [6, 6.07) is 0. The molecule has 2 aromatic heterocycles. The Bertz CT molecular complexity index is 562. The molecule has 104 valence electrons. The number of fused-ring (bicyclic) bond motifs is 1. The third-order valence-corrected chi connectivity index (χ3v) is 2.79. The van der Waals surface area contributed by atoms with Crippen LogP contribution in [0.4, 0.5) is 5.82 Å². The second kappa shape index (κ2) is 5.10. The summed E-state index contributed by atoms with van der Waals surface area (Å²) in [5, 5.41) is 21.5. The van der Waals surface area contributed by atoms with Gasteiger partial charge in [0, 0.05) is 25.5 Å². The van der Waals surface area contributed by atoms with E-state index in [-0.39, 0.29) is 0 Å². The highest BCUT2D eigenvalue weighted by atomic mass is 16.3. The van der Waals surface area contributed by atoms with Crippen molar-refractivity contribution in [2.24, 2.45) is 0 Å². The lowest BCUT2D eigenvalue weighted by Crippen LogP contribution is -2.43. The number of aromatic nitrogens is 4. The van der Waals surface area contributed by atoms with Crippen molar-refractivity contribution in [1.82, 2.24) is 24.5 Å². The monoisotopic (exact) mass is 264 g/mol. The lowest BCUT2D eigenvalue weighted by molar-refractivity contribution is 0.0459. The van der Waals surface area contributed by atoms with Crippen LogP contribution >= 0.6 is 0 Å². The molecule has 0 saturated heterocycles. The minimum absolute atomic E-state index is 0.393. The van der Waals surface area contributed by atoms with E-state index in [1.54, 1.807) is 13.1 Å². The van der Waals surface area contributed by atoms with E-state index in [1.807, 2.05) is 36.5 Å². The molecular formula is C12H20N6O. The van der Waals surface area contributed by atoms with Gasteiger partial charge in [-0.1, -0.05) is 0 Å². The Kier molecular flexibility index (Phi) is 3.68. The number of hydrogen-bond acceptors (Lipinski definition) is 6. The van der Waals surface area contributed by atoms with Crippen LogP contribution in [-0.2, 0) is 0 Å². The molecule has 1 unspecified atom stereocenters. The summed E-state index contributed by atoms with van der Waals surface area (Å²) < 4.78 is 1.86. The summed E-state index contributed by atoms with van der Waals surface area (Å²) >= 11 is 0. The number of aliphatic hydroxyl groups is 1. The molecule has 0 aromatic carbocycles. The molecule has 0 spiro atoms. The standard InChI is InChI=1S/C12H20N6O/c1-9-15-16-11-10(13-5-6-18(9)11)14-7-12(2,19)8-17(3)4/h5-6,19H,7-8H2,1-4H3,(H,13,14). The number of anilines is 1. The molecule has 2 N–H and O–H groups in total. The minimum Gasteiger partial charge on any atom is -0.387 e. The molecule has 0 aliphatic carbocycles. The van der Waals surface area contributed by atoms with Crippen LogP contribution in [0.25, 0.3) is 5.65 Å². The van der Waals surface area contributed by atoms with Crippen molar-refractivity contribution in [1.29, 1.82) is 0 Å². The average molecular weight is 264 g/mol. The van der Waals surface area contributed by atoms with E-state index in [1.165, 1.54) is 0 Å². The van der Waals surface area contributed by atoms with Gasteiger partial charge in [-0.15, -0.1) is 10.2 Å². The van der Waals surface area contributed by atoms with Gasteiger partial charge in [0.15, 0.2) is 5.82 Å². The molecule has 0 aliphatic heterocycles. The third kappa shape index (κ3) is 3.18. The van der Waals surface area contributed by atoms with E-state index in [0.29, 0.717) is 24.6 Å². The summed E-state index contributed by atoms with van der Waals surface area (Å²) in [5.74, 6) is 1.43. The van der Waals surface area contributed by atoms with Gasteiger partial charge < -0.3 is 15.3 Å². The van der Waals surface area contributed by atoms with Crippen LogP contribution in [0.3, 0.4) is 0 Å². The van der Waals surface area contributed by atoms with Gasteiger partial charge in [0.2, 0.25) is 5.65 Å². The van der Waals surface area contributed by atoms with Crippen LogP contribution in [-0.4, -0.2) is 62.4 Å². The number of nitrogens with zero attached hydrogens (tertiary/aromatic N) is 5. The van der Waals surface area contributed by atoms with Gasteiger partial charge in [0.05, 0.1) is 5.60 Å². The summed E-state index contributed by atoms with van der Waals surface area (Å²) in [6.07, 6.45) is 3.50. The Morgan fingerprint density at radius 3 is 2.84 bits per heavy atom. The van der Waals surface area contributed by atoms with Gasteiger partial charge in [-0.05, 0) is 27.9 Å². The molecule has 0 fully saturated rings. The molecule has 2 rings (SSSR count). The second-order valence-corrected chi connectivity index (χ2v) is 5.30. The van der Waals surface area contributed by atoms with Crippen molar-refractivity contribution >= 4 is 11.5 Å². The van der Waals surface area contributed by atoms with E-state index in [2.05, 4.69) is 20.5 Å². The molecular weight excluding hydrogens is 244 g/mol. The van der Waals surface area contributed by atoms with Crippen LogP contribution in [0.2, 0.25) is 0 Å². The molecule has 0 radical (unpaired) electrons. The van der Waals surface area contributed by atoms with Crippen molar-refractivity contribution in [3.8, 4) is 0 Å². The van der Waals surface area contributed by atoms with Crippen LogP contribution in [0.5, 0.6) is 0 Å². The summed E-state index contributed by atoms with van der Waals surface area (Å²) in [4.78, 5) is 6.18. The van der Waals surface area contributed by atoms with Crippen LogP contribution in [0.15, 0.2) is 12.4 Å². The zero-order chi connectivity index (χ0) is 14.0. The van der Waals surface area contributed by atoms with Crippen molar-refractivity contribution < 1.29 is 5.11 Å². The maximum atomic E-state index is 10.2. The van der Waals surface area contributed by atoms with Gasteiger partial charge in [-0.3, -0.25) is 4.40 Å². The topological polar surface area (TPSA) is 78.6 Å². The summed E-state index contributed by atoms with van der Waals surface area (Å²) in [7, 11) is 3.85. The Hall–Kier alpha value is -1.73. The number of rotatable bonds is 5. The highest BCUT2D eigenvalue weighted by molar-refractivity contribution is 5.62. The van der Waals surface area contributed by atoms with Crippen molar-refractivity contribution in [2.45, 2.75) is 19.4 Å². The highest BCUT2D eigenvalue weighted by Crippen LogP contribution is 2.13. The Morgan fingerprint density at radius 2 is 2.16 bits per heavy atom. The SMILES string of the molecule is Cc1nnc2c(NCC(C)(O)CN(C)C)nccn12. The smallest absolute Gasteiger partial charge is 0.203 e. The molecule has 0 aliphatic rings. The maximum Gasteiger partial charge on any atom is 0.203 e. The Labute approximate surface area is 112 Å². The first-order valence-corrected chi connectivity index (χ1v) is 6.16. The largest absolute Gasteiger partial charge is 0.387 e. The first-order chi connectivity index (χ1) is 8.89. The van der Waals surface area contributed by atoms with Crippen LogP contribution in [0.1, 0.15) is 12.7 Å². The summed E-state index contributed by atoms with van der Waals surface area (Å²) in [6.45, 7) is 4.62. The average Bonchev–Trinajstić information content (AvgIpc) is 2.68. The molecule has 1 atom stereocenters. The number of hydrogen-bond donors (Lipinski definition) is 2. The van der Waals surface area contributed by atoms with Gasteiger partial charge in [0.1, 0.15) is 5.82 Å². The fraction of sp³-hybridized carbons (Fsp3) is 0.583. The second-order valence-electron chi connectivity index (χ2n) is 5.30. The Morgan fingerprint density at radius 1 is 1.42 bits per heavy atom. The molecule has 0 bridgehead atoms. The van der Waals surface area contributed by atoms with E-state index in [9.17, 15) is 5.11 Å². The number of likely N-dealkylation sites (N-methyl/N-ethyl adjacent to an activating group) is 1. The minimum atomic E-state index is -0.840.